The van der Waals surface area contributed by atoms with Gasteiger partial charge < -0.3 is 0 Å². The Morgan fingerprint density at radius 2 is 1.57 bits per heavy atom. The highest BCUT2D eigenvalue weighted by Crippen LogP contribution is 2.52. The summed E-state index contributed by atoms with van der Waals surface area (Å²) in [4.78, 5) is 0. The predicted molar refractivity (Wildman–Crippen MR) is 205 cm³/mol. The fourth-order valence-electron chi connectivity index (χ4n) is 9.64. The van der Waals surface area contributed by atoms with Gasteiger partial charge in [-0.25, -0.2) is 0 Å². The summed E-state index contributed by atoms with van der Waals surface area (Å²) in [6.07, 6.45) is 16.6. The largest absolute Gasteiger partial charge is 0.0998 e. The Kier molecular flexibility index (Phi) is 8.84. The summed E-state index contributed by atoms with van der Waals surface area (Å²) in [5.74, 6) is 4.65. The summed E-state index contributed by atoms with van der Waals surface area (Å²) < 4.78 is 0. The fourth-order valence-corrected chi connectivity index (χ4v) is 9.64. The van der Waals surface area contributed by atoms with E-state index in [-0.39, 0.29) is 0 Å². The Balaban J connectivity index is 1.09. The van der Waals surface area contributed by atoms with E-state index in [9.17, 15) is 0 Å². The Morgan fingerprint density at radius 1 is 0.872 bits per heavy atom. The number of hydrogen-bond acceptors (Lipinski definition) is 0. The minimum absolute atomic E-state index is 0.515. The highest BCUT2D eigenvalue weighted by Gasteiger charge is 2.39. The number of rotatable bonds is 9. The number of hydrogen-bond donors (Lipinski definition) is 0. The van der Waals surface area contributed by atoms with E-state index in [1.54, 1.807) is 11.1 Å². The van der Waals surface area contributed by atoms with Crippen LogP contribution in [0.15, 0.2) is 78.9 Å². The van der Waals surface area contributed by atoms with Gasteiger partial charge in [0.05, 0.1) is 0 Å². The number of fused-ring (bicyclic) bond motifs is 2. The van der Waals surface area contributed by atoms with Gasteiger partial charge in [-0.05, 0) is 175 Å². The van der Waals surface area contributed by atoms with Crippen molar-refractivity contribution in [3.05, 3.63) is 123 Å². The van der Waals surface area contributed by atoms with Gasteiger partial charge in [0.25, 0.3) is 0 Å². The molecule has 2 saturated carbocycles. The van der Waals surface area contributed by atoms with E-state index in [4.69, 9.17) is 0 Å². The Morgan fingerprint density at radius 3 is 2.26 bits per heavy atom. The lowest BCUT2D eigenvalue weighted by atomic mass is 9.61. The van der Waals surface area contributed by atoms with Gasteiger partial charge in [0, 0.05) is 5.92 Å². The van der Waals surface area contributed by atoms with Crippen LogP contribution in [0.3, 0.4) is 0 Å². The van der Waals surface area contributed by atoms with E-state index in [1.807, 2.05) is 0 Å². The first kappa shape index (κ1) is 32.2. The molecule has 4 aliphatic carbocycles. The van der Waals surface area contributed by atoms with Gasteiger partial charge in [0.2, 0.25) is 0 Å². The topological polar surface area (TPSA) is 0 Å². The Bertz CT molecular complexity index is 1760. The van der Waals surface area contributed by atoms with Crippen molar-refractivity contribution in [3.8, 4) is 11.1 Å². The van der Waals surface area contributed by atoms with Gasteiger partial charge in [0.15, 0.2) is 0 Å². The van der Waals surface area contributed by atoms with E-state index < -0.39 is 0 Å². The molecule has 1 unspecified atom stereocenters. The minimum atomic E-state index is 0.515. The molecule has 0 spiro atoms. The van der Waals surface area contributed by atoms with Crippen molar-refractivity contribution in [1.82, 2.24) is 0 Å². The molecule has 0 saturated heterocycles. The van der Waals surface area contributed by atoms with Crippen LogP contribution in [-0.2, 0) is 12.8 Å². The monoisotopic (exact) mass is 620 g/mol. The zero-order valence-corrected chi connectivity index (χ0v) is 30.0. The molecule has 47 heavy (non-hydrogen) atoms. The molecule has 244 valence electrons. The minimum Gasteiger partial charge on any atom is -0.0998 e. The van der Waals surface area contributed by atoms with Crippen molar-refractivity contribution in [2.75, 3.05) is 0 Å². The van der Waals surface area contributed by atoms with Crippen molar-refractivity contribution < 1.29 is 0 Å². The SMILES string of the molecule is C=C(C)Cc1c(C)cc2c(c1-c1ccc(C)cc1)CC(c1ccc3c(c1)C(C1CCC(C4CC(C(=C)CC(C)C)C4)CC1)=CC3C)=C2. The second-order valence-electron chi connectivity index (χ2n) is 16.5. The average Bonchev–Trinajstić information content (AvgIpc) is 3.57. The van der Waals surface area contributed by atoms with Gasteiger partial charge in [0.1, 0.15) is 0 Å². The molecule has 1 atom stereocenters. The highest BCUT2D eigenvalue weighted by atomic mass is 14.4. The van der Waals surface area contributed by atoms with E-state index in [1.165, 1.54) is 112 Å². The molecule has 0 radical (unpaired) electrons. The summed E-state index contributed by atoms with van der Waals surface area (Å²) in [6.45, 7) is 22.4. The lowest BCUT2D eigenvalue weighted by Crippen LogP contribution is -2.33. The van der Waals surface area contributed by atoms with Crippen LogP contribution in [0.25, 0.3) is 28.3 Å². The van der Waals surface area contributed by atoms with Gasteiger partial charge in [-0.15, -0.1) is 0 Å². The molecule has 0 heterocycles. The van der Waals surface area contributed by atoms with Gasteiger partial charge in [-0.2, -0.15) is 0 Å². The van der Waals surface area contributed by atoms with Crippen LogP contribution in [0.1, 0.15) is 123 Å². The lowest BCUT2D eigenvalue weighted by molar-refractivity contribution is 0.107. The van der Waals surface area contributed by atoms with Crippen LogP contribution in [0, 0.1) is 43.4 Å². The van der Waals surface area contributed by atoms with Crippen molar-refractivity contribution in [3.63, 3.8) is 0 Å². The summed E-state index contributed by atoms with van der Waals surface area (Å²) in [5, 5.41) is 0. The zero-order chi connectivity index (χ0) is 33.0. The molecule has 0 bridgehead atoms. The summed E-state index contributed by atoms with van der Waals surface area (Å²) in [5.41, 5.74) is 20.1. The number of aryl methyl sites for hydroxylation is 2. The second kappa shape index (κ2) is 12.9. The first-order valence-electron chi connectivity index (χ1n) is 18.7. The maximum absolute atomic E-state index is 4.46. The molecular formula is C47H56. The first-order valence-corrected chi connectivity index (χ1v) is 18.7. The van der Waals surface area contributed by atoms with Crippen LogP contribution in [-0.4, -0.2) is 0 Å². The van der Waals surface area contributed by atoms with Crippen LogP contribution in [0.2, 0.25) is 0 Å². The van der Waals surface area contributed by atoms with E-state index in [0.717, 1.165) is 36.5 Å². The number of benzene rings is 3. The lowest BCUT2D eigenvalue weighted by Gasteiger charge is -2.44. The quantitative estimate of drug-likeness (QED) is 0.209. The second-order valence-corrected chi connectivity index (χ2v) is 16.5. The molecule has 0 aromatic heterocycles. The van der Waals surface area contributed by atoms with Crippen molar-refractivity contribution in [1.29, 1.82) is 0 Å². The smallest absolute Gasteiger partial charge is 0.000174 e. The van der Waals surface area contributed by atoms with Crippen LogP contribution < -0.4 is 0 Å². The normalized spacial score (nSPS) is 24.8. The maximum atomic E-state index is 4.46. The van der Waals surface area contributed by atoms with Gasteiger partial charge in [-0.3, -0.25) is 0 Å². The fraction of sp³-hybridized carbons (Fsp3) is 0.447. The highest BCUT2D eigenvalue weighted by molar-refractivity contribution is 5.94. The maximum Gasteiger partial charge on any atom is 0.000174 e. The van der Waals surface area contributed by atoms with Crippen LogP contribution in [0.4, 0.5) is 0 Å². The molecule has 0 amide bonds. The molecular weight excluding hydrogens is 565 g/mol. The van der Waals surface area contributed by atoms with E-state index in [0.29, 0.717) is 11.8 Å². The Hall–Kier alpha value is -3.38. The summed E-state index contributed by atoms with van der Waals surface area (Å²) in [6, 6.07) is 19.0. The molecule has 7 rings (SSSR count). The molecule has 0 aliphatic heterocycles. The predicted octanol–water partition coefficient (Wildman–Crippen LogP) is 13.1. The van der Waals surface area contributed by atoms with Crippen molar-refractivity contribution >= 4 is 17.2 Å². The van der Waals surface area contributed by atoms with Crippen LogP contribution >= 0.6 is 0 Å². The standard InChI is InChI=1S/C47H56/c1-28(2)19-31(6)38-23-39(24-38)34-13-15-35(16-14-34)44-22-33(8)42-18-17-37(26-46(42)44)40-25-41-21-32(7)43(20-29(3)4)47(45(41)27-40)36-11-9-30(5)10-12-36/h9-12,17-18,21-22,25-26,28,33-35,38-39H,3,6,13-16,19-20,23-24,27H2,1-2,4-5,7-8H3. The number of allylic oxidation sites excluding steroid dienone is 5. The Labute approximate surface area is 285 Å². The van der Waals surface area contributed by atoms with E-state index in [2.05, 4.69) is 115 Å². The molecule has 4 aliphatic rings. The van der Waals surface area contributed by atoms with Crippen molar-refractivity contribution in [2.45, 2.75) is 105 Å². The van der Waals surface area contributed by atoms with E-state index >= 15 is 0 Å². The summed E-state index contributed by atoms with van der Waals surface area (Å²) >= 11 is 0. The molecule has 2 fully saturated rings. The first-order chi connectivity index (χ1) is 22.5. The third-order valence-corrected chi connectivity index (χ3v) is 12.3. The average molecular weight is 621 g/mol. The molecule has 0 N–H and O–H groups in total. The summed E-state index contributed by atoms with van der Waals surface area (Å²) in [7, 11) is 0. The zero-order valence-electron chi connectivity index (χ0n) is 30.0. The van der Waals surface area contributed by atoms with Crippen LogP contribution in [0.5, 0.6) is 0 Å². The van der Waals surface area contributed by atoms with Gasteiger partial charge in [-0.1, -0.05) is 105 Å². The third kappa shape index (κ3) is 6.30. The van der Waals surface area contributed by atoms with Crippen molar-refractivity contribution in [2.24, 2.45) is 29.6 Å². The molecule has 0 heteroatoms. The van der Waals surface area contributed by atoms with Gasteiger partial charge >= 0.3 is 0 Å². The molecule has 0 nitrogen and oxygen atoms in total. The third-order valence-electron chi connectivity index (χ3n) is 12.3. The molecule has 3 aromatic rings. The molecule has 3 aromatic carbocycles.